The minimum Gasteiger partial charge on any atom is -0.444 e. The molecule has 0 N–H and O–H groups in total. The molecule has 1 aromatic heterocycles. The quantitative estimate of drug-likeness (QED) is 0.753. The lowest BCUT2D eigenvalue weighted by Gasteiger charge is -2.36. The van der Waals surface area contributed by atoms with Crippen LogP contribution in [0.4, 0.5) is 15.0 Å². The van der Waals surface area contributed by atoms with Crippen LogP contribution in [-0.2, 0) is 4.74 Å². The van der Waals surface area contributed by atoms with Crippen LogP contribution in [0.25, 0.3) is 10.9 Å². The van der Waals surface area contributed by atoms with Gasteiger partial charge in [0, 0.05) is 31.6 Å². The third-order valence-corrected chi connectivity index (χ3v) is 4.67. The number of aryl methyl sites for hydroxylation is 1. The van der Waals surface area contributed by atoms with Crippen molar-refractivity contribution in [3.05, 3.63) is 28.8 Å². The fraction of sp³-hybridized carbons (Fsp3) is 0.500. The number of carbonyl (C=O) groups is 1. The Labute approximate surface area is 156 Å². The van der Waals surface area contributed by atoms with Crippen LogP contribution in [0.15, 0.2) is 12.4 Å². The van der Waals surface area contributed by atoms with Crippen LogP contribution in [-0.4, -0.2) is 52.7 Å². The molecule has 1 fully saturated rings. The summed E-state index contributed by atoms with van der Waals surface area (Å²) in [4.78, 5) is 24.3. The number of ether oxygens (including phenoxy) is 1. The molecule has 0 aliphatic carbocycles. The van der Waals surface area contributed by atoms with Gasteiger partial charge in [-0.05, 0) is 39.3 Å². The van der Waals surface area contributed by atoms with Crippen LogP contribution >= 0.6 is 11.6 Å². The first-order valence-electron chi connectivity index (χ1n) is 8.49. The maximum Gasteiger partial charge on any atom is 0.410 e. The molecule has 0 unspecified atom stereocenters. The van der Waals surface area contributed by atoms with E-state index < -0.39 is 11.4 Å². The van der Waals surface area contributed by atoms with E-state index in [4.69, 9.17) is 16.3 Å². The second-order valence-corrected chi connectivity index (χ2v) is 7.75. The van der Waals surface area contributed by atoms with E-state index in [0.717, 1.165) is 0 Å². The number of nitrogens with zero attached hydrogens (tertiary/aromatic N) is 4. The molecule has 0 spiro atoms. The number of rotatable bonds is 1. The average Bonchev–Trinajstić information content (AvgIpc) is 2.58. The number of hydrogen-bond acceptors (Lipinski definition) is 5. The first-order valence-corrected chi connectivity index (χ1v) is 8.87. The Bertz CT molecular complexity index is 845. The Morgan fingerprint density at radius 1 is 1.23 bits per heavy atom. The van der Waals surface area contributed by atoms with Crippen molar-refractivity contribution in [1.29, 1.82) is 0 Å². The summed E-state index contributed by atoms with van der Waals surface area (Å²) >= 11 is 5.99. The van der Waals surface area contributed by atoms with Crippen molar-refractivity contribution < 1.29 is 13.9 Å². The van der Waals surface area contributed by atoms with E-state index in [2.05, 4.69) is 9.97 Å². The highest BCUT2D eigenvalue weighted by atomic mass is 35.5. The monoisotopic (exact) mass is 380 g/mol. The summed E-state index contributed by atoms with van der Waals surface area (Å²) in [7, 11) is 0. The van der Waals surface area contributed by atoms with E-state index in [1.165, 1.54) is 6.33 Å². The second kappa shape index (κ2) is 6.87. The molecular formula is C18H22ClFN4O2. The van der Waals surface area contributed by atoms with Crippen LogP contribution in [0.1, 0.15) is 26.3 Å². The molecule has 0 atom stereocenters. The molecule has 6 nitrogen and oxygen atoms in total. The van der Waals surface area contributed by atoms with Gasteiger partial charge >= 0.3 is 6.09 Å². The Balaban J connectivity index is 1.81. The van der Waals surface area contributed by atoms with Crippen molar-refractivity contribution >= 4 is 34.4 Å². The second-order valence-electron chi connectivity index (χ2n) is 7.37. The highest BCUT2D eigenvalue weighted by Crippen LogP contribution is 2.31. The average molecular weight is 381 g/mol. The summed E-state index contributed by atoms with van der Waals surface area (Å²) < 4.78 is 19.8. The number of aromatic nitrogens is 2. The van der Waals surface area contributed by atoms with Crippen molar-refractivity contribution in [2.24, 2.45) is 0 Å². The van der Waals surface area contributed by atoms with Gasteiger partial charge in [-0.3, -0.25) is 0 Å². The van der Waals surface area contributed by atoms with Gasteiger partial charge in [0.2, 0.25) is 0 Å². The third-order valence-electron chi connectivity index (χ3n) is 4.20. The molecule has 140 valence electrons. The van der Waals surface area contributed by atoms with Crippen molar-refractivity contribution in [1.82, 2.24) is 14.9 Å². The van der Waals surface area contributed by atoms with Crippen molar-refractivity contribution in [3.8, 4) is 0 Å². The van der Waals surface area contributed by atoms with Crippen LogP contribution < -0.4 is 4.90 Å². The van der Waals surface area contributed by atoms with Crippen LogP contribution in [0.5, 0.6) is 0 Å². The molecule has 1 aliphatic rings. The smallest absolute Gasteiger partial charge is 0.410 e. The molecule has 3 rings (SSSR count). The summed E-state index contributed by atoms with van der Waals surface area (Å²) in [6, 6.07) is 1.80. The lowest BCUT2D eigenvalue weighted by molar-refractivity contribution is 0.0240. The van der Waals surface area contributed by atoms with Crippen LogP contribution in [0, 0.1) is 12.7 Å². The van der Waals surface area contributed by atoms with Crippen molar-refractivity contribution in [3.63, 3.8) is 0 Å². The molecule has 0 bridgehead atoms. The maximum absolute atomic E-state index is 14.4. The molecule has 0 saturated carbocycles. The predicted molar refractivity (Wildman–Crippen MR) is 99.3 cm³/mol. The summed E-state index contributed by atoms with van der Waals surface area (Å²) in [5.74, 6) is 0.121. The molecule has 0 radical (unpaired) electrons. The minimum absolute atomic E-state index is 0.0805. The maximum atomic E-state index is 14.4. The molecule has 26 heavy (non-hydrogen) atoms. The summed E-state index contributed by atoms with van der Waals surface area (Å²) in [6.07, 6.45) is 1.02. The number of benzene rings is 1. The van der Waals surface area contributed by atoms with E-state index in [0.29, 0.717) is 42.9 Å². The first kappa shape index (κ1) is 18.6. The molecule has 1 aromatic carbocycles. The molecule has 1 amide bonds. The Kier molecular flexibility index (Phi) is 4.92. The normalized spacial score (nSPS) is 15.5. The Morgan fingerprint density at radius 2 is 1.88 bits per heavy atom. The third kappa shape index (κ3) is 3.67. The Morgan fingerprint density at radius 3 is 2.50 bits per heavy atom. The molecule has 1 saturated heterocycles. The topological polar surface area (TPSA) is 58.6 Å². The zero-order valence-electron chi connectivity index (χ0n) is 15.3. The zero-order chi connectivity index (χ0) is 19.1. The molecule has 1 aliphatic heterocycles. The minimum atomic E-state index is -0.530. The van der Waals surface area contributed by atoms with Gasteiger partial charge in [-0.2, -0.15) is 0 Å². The largest absolute Gasteiger partial charge is 0.444 e. The molecule has 8 heteroatoms. The fourth-order valence-corrected chi connectivity index (χ4v) is 3.07. The lowest BCUT2D eigenvalue weighted by Crippen LogP contribution is -2.50. The van der Waals surface area contributed by atoms with E-state index in [1.807, 2.05) is 25.7 Å². The highest BCUT2D eigenvalue weighted by Gasteiger charge is 2.27. The fourth-order valence-electron chi connectivity index (χ4n) is 2.93. The highest BCUT2D eigenvalue weighted by molar-refractivity contribution is 6.32. The van der Waals surface area contributed by atoms with Gasteiger partial charge in [0.1, 0.15) is 23.3 Å². The number of anilines is 1. The van der Waals surface area contributed by atoms with E-state index in [1.54, 1.807) is 17.9 Å². The van der Waals surface area contributed by atoms with Gasteiger partial charge in [0.05, 0.1) is 5.02 Å². The first-order chi connectivity index (χ1) is 12.2. The van der Waals surface area contributed by atoms with Crippen LogP contribution in [0.2, 0.25) is 5.02 Å². The van der Waals surface area contributed by atoms with E-state index in [-0.39, 0.29) is 16.6 Å². The summed E-state index contributed by atoms with van der Waals surface area (Å²) in [5, 5.41) is 0.703. The van der Waals surface area contributed by atoms with Crippen molar-refractivity contribution in [2.45, 2.75) is 33.3 Å². The number of amides is 1. The molecular weight excluding hydrogens is 359 g/mol. The van der Waals surface area contributed by atoms with Gasteiger partial charge < -0.3 is 14.5 Å². The number of fused-ring (bicyclic) bond motifs is 1. The predicted octanol–water partition coefficient (Wildman–Crippen LogP) is 3.79. The Hall–Kier alpha value is -2.15. The summed E-state index contributed by atoms with van der Waals surface area (Å²) in [5.41, 5.74) is 0.325. The van der Waals surface area contributed by atoms with E-state index >= 15 is 0 Å². The number of halogens is 2. The standard InChI is InChI=1S/C18H22ClFN4O2/c1-11-9-12-15(14(20)13(11)19)21-10-22-16(12)23-5-7-24(8-6-23)17(25)26-18(2,3)4/h9-10H,5-8H2,1-4H3. The summed E-state index contributed by atoms with van der Waals surface area (Å²) in [6.45, 7) is 9.46. The van der Waals surface area contributed by atoms with Gasteiger partial charge in [0.15, 0.2) is 5.82 Å². The number of hydrogen-bond donors (Lipinski definition) is 0. The lowest BCUT2D eigenvalue weighted by atomic mass is 10.1. The SMILES string of the molecule is Cc1cc2c(N3CCN(C(=O)OC(C)(C)C)CC3)ncnc2c(F)c1Cl. The number of piperazine rings is 1. The molecule has 2 aromatic rings. The van der Waals surface area contributed by atoms with Crippen LogP contribution in [0.3, 0.4) is 0 Å². The zero-order valence-corrected chi connectivity index (χ0v) is 16.1. The van der Waals surface area contributed by atoms with Gasteiger partial charge in [0.25, 0.3) is 0 Å². The molecule has 2 heterocycles. The van der Waals surface area contributed by atoms with E-state index in [9.17, 15) is 9.18 Å². The van der Waals surface area contributed by atoms with Crippen molar-refractivity contribution in [2.75, 3.05) is 31.1 Å². The van der Waals surface area contributed by atoms with Gasteiger partial charge in [-0.25, -0.2) is 19.2 Å². The van der Waals surface area contributed by atoms with Gasteiger partial charge in [-0.15, -0.1) is 0 Å². The number of carbonyl (C=O) groups excluding carboxylic acids is 1. The van der Waals surface area contributed by atoms with Gasteiger partial charge in [-0.1, -0.05) is 11.6 Å².